The van der Waals surface area contributed by atoms with Gasteiger partial charge < -0.3 is 19.7 Å². The number of nitrogens with one attached hydrogen (secondary N) is 1. The first kappa shape index (κ1) is 23.5. The van der Waals surface area contributed by atoms with Crippen LogP contribution in [0.3, 0.4) is 0 Å². The van der Waals surface area contributed by atoms with Gasteiger partial charge in [-0.1, -0.05) is 77.2 Å². The Balaban J connectivity index is 1.67. The molecule has 0 aliphatic carbocycles. The highest BCUT2D eigenvalue weighted by molar-refractivity contribution is 14.1. The lowest BCUT2D eigenvalue weighted by Crippen LogP contribution is -2.54. The predicted octanol–water partition coefficient (Wildman–Crippen LogP) is 3.65. The van der Waals surface area contributed by atoms with E-state index < -0.39 is 17.6 Å². The lowest BCUT2D eigenvalue weighted by Gasteiger charge is -2.34. The predicted molar refractivity (Wildman–Crippen MR) is 135 cm³/mol. The molecule has 5 atom stereocenters. The molecule has 172 valence electrons. The van der Waals surface area contributed by atoms with Gasteiger partial charge in [-0.05, 0) is 23.3 Å². The number of fused-ring (bicyclic) bond motifs is 1. The summed E-state index contributed by atoms with van der Waals surface area (Å²) in [5, 5.41) is 3.01. The fourth-order valence-corrected chi connectivity index (χ4v) is 6.03. The molecule has 6 nitrogen and oxygen atoms in total. The number of alkyl halides is 1. The van der Waals surface area contributed by atoms with Crippen molar-refractivity contribution in [2.45, 2.75) is 34.8 Å². The Kier molecular flexibility index (Phi) is 6.90. The van der Waals surface area contributed by atoms with Crippen molar-refractivity contribution in [3.8, 4) is 5.75 Å². The molecule has 2 aliphatic heterocycles. The van der Waals surface area contributed by atoms with Crippen molar-refractivity contribution in [2.24, 2.45) is 5.92 Å². The van der Waals surface area contributed by atoms with Crippen LogP contribution in [0, 0.1) is 5.92 Å². The van der Waals surface area contributed by atoms with E-state index in [1.165, 1.54) is 0 Å². The minimum absolute atomic E-state index is 0.116. The molecule has 2 fully saturated rings. The number of halogens is 1. The van der Waals surface area contributed by atoms with E-state index in [4.69, 9.17) is 9.47 Å². The zero-order valence-corrected chi connectivity index (χ0v) is 20.6. The number of methoxy groups -OCH3 is 1. The number of amides is 2. The van der Waals surface area contributed by atoms with Gasteiger partial charge in [0, 0.05) is 13.1 Å². The molecule has 4 rings (SSSR count). The molecule has 0 aromatic heterocycles. The minimum Gasteiger partial charge on any atom is -0.497 e. The van der Waals surface area contributed by atoms with Crippen LogP contribution in [0.2, 0.25) is 0 Å². The second-order valence-corrected chi connectivity index (χ2v) is 9.66. The van der Waals surface area contributed by atoms with Gasteiger partial charge in [0.2, 0.25) is 11.8 Å². The molecule has 0 spiro atoms. The maximum atomic E-state index is 13.7. The molecule has 0 unspecified atom stereocenters. The number of hydrogen-bond acceptors (Lipinski definition) is 4. The normalized spacial score (nSPS) is 28.3. The number of rotatable bonds is 8. The largest absolute Gasteiger partial charge is 0.497 e. The Morgan fingerprint density at radius 2 is 1.88 bits per heavy atom. The van der Waals surface area contributed by atoms with E-state index in [1.807, 2.05) is 54.6 Å². The summed E-state index contributed by atoms with van der Waals surface area (Å²) in [4.78, 5) is 28.9. The van der Waals surface area contributed by atoms with Gasteiger partial charge >= 0.3 is 0 Å². The van der Waals surface area contributed by atoms with Gasteiger partial charge in [0.05, 0.1) is 23.1 Å². The van der Waals surface area contributed by atoms with Crippen molar-refractivity contribution in [1.29, 1.82) is 0 Å². The fraction of sp³-hybridized carbons (Fsp3) is 0.308. The first-order chi connectivity index (χ1) is 15.9. The molecule has 33 heavy (non-hydrogen) atoms. The van der Waals surface area contributed by atoms with E-state index in [9.17, 15) is 9.59 Å². The molecule has 0 radical (unpaired) electrons. The lowest BCUT2D eigenvalue weighted by atomic mass is 9.84. The summed E-state index contributed by atoms with van der Waals surface area (Å²) in [5.41, 5.74) is 0.744. The first-order valence-corrected chi connectivity index (χ1v) is 12.0. The van der Waals surface area contributed by atoms with E-state index in [1.54, 1.807) is 24.2 Å². The molecule has 2 amide bonds. The Labute approximate surface area is 207 Å². The van der Waals surface area contributed by atoms with E-state index in [2.05, 4.69) is 41.1 Å². The smallest absolute Gasteiger partial charge is 0.246 e. The Morgan fingerprint density at radius 3 is 2.48 bits per heavy atom. The quantitative estimate of drug-likeness (QED) is 0.305. The maximum absolute atomic E-state index is 13.7. The molecule has 2 aromatic carbocycles. The van der Waals surface area contributed by atoms with Crippen LogP contribution in [0.4, 0.5) is 0 Å². The second-order valence-electron chi connectivity index (χ2n) is 8.22. The van der Waals surface area contributed by atoms with Gasteiger partial charge in [0.1, 0.15) is 17.4 Å². The van der Waals surface area contributed by atoms with E-state index in [-0.39, 0.29) is 28.4 Å². The lowest BCUT2D eigenvalue weighted by molar-refractivity contribution is -0.140. The number of nitrogens with zero attached hydrogens (tertiary/aromatic N) is 1. The van der Waals surface area contributed by atoms with E-state index in [0.717, 1.165) is 16.9 Å². The summed E-state index contributed by atoms with van der Waals surface area (Å²) in [6.07, 6.45) is 2.98. The summed E-state index contributed by atoms with van der Waals surface area (Å²) in [7, 11) is 1.61. The Morgan fingerprint density at radius 1 is 1.18 bits per heavy atom. The summed E-state index contributed by atoms with van der Waals surface area (Å²) in [5.74, 6) is -0.178. The average Bonchev–Trinajstić information content (AvgIpc) is 3.27. The topological polar surface area (TPSA) is 67.9 Å². The van der Waals surface area contributed by atoms with E-state index >= 15 is 0 Å². The third kappa shape index (κ3) is 4.19. The average molecular weight is 558 g/mol. The highest BCUT2D eigenvalue weighted by atomic mass is 127. The van der Waals surface area contributed by atoms with Crippen LogP contribution in [0.15, 0.2) is 79.9 Å². The standard InChI is InChI=1S/C26H27IN2O4/c1-4-20-22(27)21-25(31)29(16-18-11-13-19(32-3)14-12-18)23(26(21,5-2)33-20)24(30)28-15-17-9-7-6-8-10-17/h4-14,20-23H,1-2,15-16H2,3H3,(H,28,30)/t20-,21+,22-,23-,26+/m1/s1. The molecule has 2 aromatic rings. The number of hydrogen-bond donors (Lipinski definition) is 1. The molecule has 7 heteroatoms. The van der Waals surface area contributed by atoms with Crippen LogP contribution >= 0.6 is 22.6 Å². The van der Waals surface area contributed by atoms with Crippen LogP contribution in [0.5, 0.6) is 5.75 Å². The minimum atomic E-state index is -1.13. The van der Waals surface area contributed by atoms with Crippen LogP contribution in [0.25, 0.3) is 0 Å². The van der Waals surface area contributed by atoms with Crippen molar-refractivity contribution in [3.63, 3.8) is 0 Å². The molecule has 2 aliphatic rings. The Bertz CT molecular complexity index is 1040. The Hall–Kier alpha value is -2.65. The summed E-state index contributed by atoms with van der Waals surface area (Å²) in [6.45, 7) is 8.49. The van der Waals surface area contributed by atoms with Crippen LogP contribution in [-0.2, 0) is 27.4 Å². The number of ether oxygens (including phenoxy) is 2. The number of likely N-dealkylation sites (tertiary alicyclic amines) is 1. The van der Waals surface area contributed by atoms with E-state index in [0.29, 0.717) is 6.54 Å². The highest BCUT2D eigenvalue weighted by Crippen LogP contribution is 2.51. The molecular weight excluding hydrogens is 531 g/mol. The van der Waals surface area contributed by atoms with Crippen LogP contribution < -0.4 is 10.1 Å². The first-order valence-electron chi connectivity index (χ1n) is 10.8. The summed E-state index contributed by atoms with van der Waals surface area (Å²) < 4.78 is 11.4. The highest BCUT2D eigenvalue weighted by Gasteiger charge is 2.68. The molecular formula is C26H27IN2O4. The fourth-order valence-electron chi connectivity index (χ4n) is 4.72. The molecule has 0 saturated carbocycles. The van der Waals surface area contributed by atoms with Gasteiger partial charge in [0.25, 0.3) is 0 Å². The SMILES string of the molecule is C=C[C@H]1O[C@@]2(C=C)[C@H](C(=O)N(Cc3ccc(OC)cc3)[C@@H]2C(=O)NCc2ccccc2)[C@@H]1I. The van der Waals surface area contributed by atoms with Crippen LogP contribution in [-0.4, -0.2) is 45.5 Å². The second kappa shape index (κ2) is 9.69. The number of carbonyl (C=O) groups is 2. The third-order valence-corrected chi connectivity index (χ3v) is 7.80. The number of carbonyl (C=O) groups excluding carboxylic acids is 2. The summed E-state index contributed by atoms with van der Waals surface area (Å²) >= 11 is 2.23. The van der Waals surface area contributed by atoms with Gasteiger partial charge in [0.15, 0.2) is 0 Å². The zero-order valence-electron chi connectivity index (χ0n) is 18.4. The number of benzene rings is 2. The van der Waals surface area contributed by atoms with Gasteiger partial charge in [-0.15, -0.1) is 13.2 Å². The van der Waals surface area contributed by atoms with Crippen molar-refractivity contribution < 1.29 is 19.1 Å². The van der Waals surface area contributed by atoms with Crippen molar-refractivity contribution in [3.05, 3.63) is 91.0 Å². The molecule has 1 N–H and O–H groups in total. The monoisotopic (exact) mass is 558 g/mol. The zero-order chi connectivity index (χ0) is 23.6. The molecule has 2 heterocycles. The van der Waals surface area contributed by atoms with Gasteiger partial charge in [-0.2, -0.15) is 0 Å². The maximum Gasteiger partial charge on any atom is 0.246 e. The van der Waals surface area contributed by atoms with Crippen molar-refractivity contribution in [2.75, 3.05) is 7.11 Å². The van der Waals surface area contributed by atoms with Crippen LogP contribution in [0.1, 0.15) is 11.1 Å². The van der Waals surface area contributed by atoms with Gasteiger partial charge in [-0.25, -0.2) is 0 Å². The third-order valence-electron chi connectivity index (χ3n) is 6.37. The summed E-state index contributed by atoms with van der Waals surface area (Å²) in [6, 6.07) is 16.3. The van der Waals surface area contributed by atoms with Gasteiger partial charge in [-0.3, -0.25) is 9.59 Å². The van der Waals surface area contributed by atoms with Crippen molar-refractivity contribution in [1.82, 2.24) is 10.2 Å². The van der Waals surface area contributed by atoms with Crippen molar-refractivity contribution >= 4 is 34.4 Å². The molecule has 2 saturated heterocycles. The molecule has 0 bridgehead atoms.